The van der Waals surface area contributed by atoms with Crippen molar-refractivity contribution in [1.29, 1.82) is 0 Å². The molecule has 19 heavy (non-hydrogen) atoms. The number of para-hydroxylation sites is 1. The van der Waals surface area contributed by atoms with Crippen LogP contribution in [0.15, 0.2) is 46.9 Å². The van der Waals surface area contributed by atoms with Gasteiger partial charge in [-0.15, -0.1) is 0 Å². The van der Waals surface area contributed by atoms with Gasteiger partial charge in [0.15, 0.2) is 0 Å². The molecule has 2 aromatic carbocycles. The Morgan fingerprint density at radius 3 is 2.74 bits per heavy atom. The van der Waals surface area contributed by atoms with E-state index in [1.54, 1.807) is 6.07 Å². The highest BCUT2D eigenvalue weighted by Gasteiger charge is 2.08. The van der Waals surface area contributed by atoms with Crippen LogP contribution in [0.25, 0.3) is 0 Å². The second-order valence-electron chi connectivity index (χ2n) is 4.18. The van der Waals surface area contributed by atoms with Crippen LogP contribution < -0.4 is 10.1 Å². The van der Waals surface area contributed by atoms with Crippen molar-refractivity contribution in [2.75, 3.05) is 7.05 Å². The average molecular weight is 324 g/mol. The minimum atomic E-state index is -0.247. The van der Waals surface area contributed by atoms with Crippen LogP contribution in [0.3, 0.4) is 0 Å². The Labute approximate surface area is 120 Å². The standard InChI is InChI=1S/C15H15BrFNO/c1-18-9-12-5-3-7-14(16)15(12)19-10-11-4-2-6-13(17)8-11/h2-8,18H,9-10H2,1H3. The van der Waals surface area contributed by atoms with Gasteiger partial charge < -0.3 is 10.1 Å². The molecule has 0 saturated carbocycles. The lowest BCUT2D eigenvalue weighted by atomic mass is 10.2. The number of hydrogen-bond donors (Lipinski definition) is 1. The zero-order valence-electron chi connectivity index (χ0n) is 10.6. The fourth-order valence-electron chi connectivity index (χ4n) is 1.83. The first-order chi connectivity index (χ1) is 9.20. The van der Waals surface area contributed by atoms with Gasteiger partial charge >= 0.3 is 0 Å². The van der Waals surface area contributed by atoms with E-state index >= 15 is 0 Å². The van der Waals surface area contributed by atoms with E-state index in [0.717, 1.165) is 27.9 Å². The smallest absolute Gasteiger partial charge is 0.138 e. The summed E-state index contributed by atoms with van der Waals surface area (Å²) in [6.07, 6.45) is 0. The van der Waals surface area contributed by atoms with Crippen LogP contribution in [-0.2, 0) is 13.2 Å². The third kappa shape index (κ3) is 3.78. The van der Waals surface area contributed by atoms with Crippen molar-refractivity contribution in [1.82, 2.24) is 5.32 Å². The summed E-state index contributed by atoms with van der Waals surface area (Å²) in [7, 11) is 1.89. The Hall–Kier alpha value is -1.39. The van der Waals surface area contributed by atoms with Gasteiger partial charge in [-0.1, -0.05) is 24.3 Å². The number of hydrogen-bond acceptors (Lipinski definition) is 2. The summed E-state index contributed by atoms with van der Waals surface area (Å²) >= 11 is 3.48. The minimum absolute atomic E-state index is 0.247. The molecule has 0 amide bonds. The van der Waals surface area contributed by atoms with Gasteiger partial charge in [-0.3, -0.25) is 0 Å². The van der Waals surface area contributed by atoms with Gasteiger partial charge in [0.25, 0.3) is 0 Å². The summed E-state index contributed by atoms with van der Waals surface area (Å²) in [5, 5.41) is 3.10. The fourth-order valence-corrected chi connectivity index (χ4v) is 2.35. The van der Waals surface area contributed by atoms with Gasteiger partial charge in [-0.05, 0) is 46.7 Å². The van der Waals surface area contributed by atoms with E-state index in [-0.39, 0.29) is 5.82 Å². The van der Waals surface area contributed by atoms with Gasteiger partial charge in [0.05, 0.1) is 4.47 Å². The van der Waals surface area contributed by atoms with Crippen LogP contribution in [-0.4, -0.2) is 7.05 Å². The van der Waals surface area contributed by atoms with Crippen LogP contribution in [0.1, 0.15) is 11.1 Å². The molecule has 0 radical (unpaired) electrons. The fraction of sp³-hybridized carbons (Fsp3) is 0.200. The van der Waals surface area contributed by atoms with Crippen LogP contribution in [0, 0.1) is 5.82 Å². The van der Waals surface area contributed by atoms with E-state index in [1.165, 1.54) is 12.1 Å². The molecule has 0 saturated heterocycles. The molecule has 0 fully saturated rings. The van der Waals surface area contributed by atoms with Crippen molar-refractivity contribution in [3.05, 3.63) is 63.9 Å². The molecule has 0 spiro atoms. The molecule has 0 unspecified atom stereocenters. The monoisotopic (exact) mass is 323 g/mol. The molecule has 0 bridgehead atoms. The molecular weight excluding hydrogens is 309 g/mol. The maximum absolute atomic E-state index is 13.1. The number of rotatable bonds is 5. The van der Waals surface area contributed by atoms with E-state index in [9.17, 15) is 4.39 Å². The highest BCUT2D eigenvalue weighted by Crippen LogP contribution is 2.29. The van der Waals surface area contributed by atoms with Crippen LogP contribution >= 0.6 is 15.9 Å². The first-order valence-electron chi connectivity index (χ1n) is 6.00. The Kier molecular flexibility index (Phi) is 4.93. The second kappa shape index (κ2) is 6.68. The lowest BCUT2D eigenvalue weighted by Crippen LogP contribution is -2.08. The maximum Gasteiger partial charge on any atom is 0.138 e. The summed E-state index contributed by atoms with van der Waals surface area (Å²) in [6.45, 7) is 1.06. The Morgan fingerprint density at radius 1 is 1.21 bits per heavy atom. The first-order valence-corrected chi connectivity index (χ1v) is 6.79. The molecule has 0 aliphatic rings. The number of benzene rings is 2. The number of nitrogens with one attached hydrogen (secondary N) is 1. The van der Waals surface area contributed by atoms with Crippen molar-refractivity contribution in [2.45, 2.75) is 13.2 Å². The SMILES string of the molecule is CNCc1cccc(Br)c1OCc1cccc(F)c1. The van der Waals surface area contributed by atoms with Crippen molar-refractivity contribution in [3.63, 3.8) is 0 Å². The molecule has 2 rings (SSSR count). The molecule has 100 valence electrons. The molecule has 4 heteroatoms. The molecule has 1 N–H and O–H groups in total. The zero-order valence-corrected chi connectivity index (χ0v) is 12.2. The first kappa shape index (κ1) is 14.0. The summed E-state index contributed by atoms with van der Waals surface area (Å²) in [6, 6.07) is 12.3. The van der Waals surface area contributed by atoms with Gasteiger partial charge in [0.1, 0.15) is 18.2 Å². The summed E-state index contributed by atoms with van der Waals surface area (Å²) < 4.78 is 19.8. The van der Waals surface area contributed by atoms with Crippen molar-refractivity contribution in [3.8, 4) is 5.75 Å². The van der Waals surface area contributed by atoms with E-state index in [2.05, 4.69) is 21.2 Å². The van der Waals surface area contributed by atoms with Gasteiger partial charge in [-0.2, -0.15) is 0 Å². The van der Waals surface area contributed by atoms with Crippen molar-refractivity contribution in [2.24, 2.45) is 0 Å². The highest BCUT2D eigenvalue weighted by molar-refractivity contribution is 9.10. The average Bonchev–Trinajstić information content (AvgIpc) is 2.38. The normalized spacial score (nSPS) is 10.5. The summed E-state index contributed by atoms with van der Waals surface area (Å²) in [4.78, 5) is 0. The lowest BCUT2D eigenvalue weighted by molar-refractivity contribution is 0.300. The largest absolute Gasteiger partial charge is 0.487 e. The minimum Gasteiger partial charge on any atom is -0.487 e. The molecule has 2 aromatic rings. The maximum atomic E-state index is 13.1. The van der Waals surface area contributed by atoms with E-state index in [0.29, 0.717) is 6.61 Å². The Bertz CT molecular complexity index is 560. The van der Waals surface area contributed by atoms with E-state index in [4.69, 9.17) is 4.74 Å². The number of halogens is 2. The van der Waals surface area contributed by atoms with Crippen LogP contribution in [0.2, 0.25) is 0 Å². The molecule has 0 aliphatic heterocycles. The third-order valence-corrected chi connectivity index (χ3v) is 3.31. The van der Waals surface area contributed by atoms with Crippen molar-refractivity contribution < 1.29 is 9.13 Å². The summed E-state index contributed by atoms with van der Waals surface area (Å²) in [5.41, 5.74) is 1.87. The van der Waals surface area contributed by atoms with Crippen LogP contribution in [0.5, 0.6) is 5.75 Å². The molecule has 0 atom stereocenters. The zero-order chi connectivity index (χ0) is 13.7. The molecule has 2 nitrogen and oxygen atoms in total. The lowest BCUT2D eigenvalue weighted by Gasteiger charge is -2.13. The third-order valence-electron chi connectivity index (χ3n) is 2.69. The van der Waals surface area contributed by atoms with E-state index in [1.807, 2.05) is 31.3 Å². The van der Waals surface area contributed by atoms with Crippen LogP contribution in [0.4, 0.5) is 4.39 Å². The van der Waals surface area contributed by atoms with Crippen molar-refractivity contribution >= 4 is 15.9 Å². The van der Waals surface area contributed by atoms with Gasteiger partial charge in [-0.25, -0.2) is 4.39 Å². The predicted molar refractivity (Wildman–Crippen MR) is 77.6 cm³/mol. The van der Waals surface area contributed by atoms with Gasteiger partial charge in [0.2, 0.25) is 0 Å². The Balaban J connectivity index is 2.14. The quantitative estimate of drug-likeness (QED) is 0.901. The highest BCUT2D eigenvalue weighted by atomic mass is 79.9. The molecule has 0 aromatic heterocycles. The molecule has 0 heterocycles. The van der Waals surface area contributed by atoms with E-state index < -0.39 is 0 Å². The molecule has 0 aliphatic carbocycles. The topological polar surface area (TPSA) is 21.3 Å². The van der Waals surface area contributed by atoms with Gasteiger partial charge in [0, 0.05) is 12.1 Å². The predicted octanol–water partition coefficient (Wildman–Crippen LogP) is 3.89. The molecular formula is C15H15BrFNO. The Morgan fingerprint density at radius 2 is 2.00 bits per heavy atom. The number of ether oxygens (including phenoxy) is 1. The summed E-state index contributed by atoms with van der Waals surface area (Å²) in [5.74, 6) is 0.546. The second-order valence-corrected chi connectivity index (χ2v) is 5.03.